The molecule has 1 aliphatic heterocycles. The molecule has 2 bridgehead atoms. The number of carbonyl (C=O) groups excluding carboxylic acids is 1. The van der Waals surface area contributed by atoms with Crippen LogP contribution in [0.25, 0.3) is 0 Å². The van der Waals surface area contributed by atoms with Crippen LogP contribution in [0.15, 0.2) is 29.2 Å². The Morgan fingerprint density at radius 1 is 1.29 bits per heavy atom. The Bertz CT molecular complexity index is 661. The molecule has 2 fully saturated rings. The highest BCUT2D eigenvalue weighted by Crippen LogP contribution is 2.45. The van der Waals surface area contributed by atoms with Crippen LogP contribution >= 0.6 is 0 Å². The molecule has 0 aromatic heterocycles. The third kappa shape index (κ3) is 2.23. The van der Waals surface area contributed by atoms with Crippen LogP contribution < -0.4 is 5.48 Å². The number of hydroxylamine groups is 1. The van der Waals surface area contributed by atoms with E-state index in [2.05, 4.69) is 0 Å². The molecule has 1 aromatic rings. The van der Waals surface area contributed by atoms with Gasteiger partial charge in [0.05, 0.1) is 4.90 Å². The fraction of sp³-hybridized carbons (Fsp3) is 0.462. The molecular weight excluding hydrogens is 299 g/mol. The largest absolute Gasteiger partial charge is 0.289 e. The first-order valence-corrected chi connectivity index (χ1v) is 8.12. The second-order valence-corrected chi connectivity index (χ2v) is 7.28. The number of benzene rings is 1. The van der Waals surface area contributed by atoms with Crippen LogP contribution in [0.5, 0.6) is 0 Å². The summed E-state index contributed by atoms with van der Waals surface area (Å²) in [7, 11) is -3.90. The topological polar surface area (TPSA) is 86.7 Å². The molecule has 0 radical (unpaired) electrons. The number of carbonyl (C=O) groups is 1. The van der Waals surface area contributed by atoms with E-state index < -0.39 is 27.8 Å². The Balaban J connectivity index is 2.00. The maximum absolute atomic E-state index is 13.0. The normalized spacial score (nSPS) is 28.8. The van der Waals surface area contributed by atoms with E-state index >= 15 is 0 Å². The summed E-state index contributed by atoms with van der Waals surface area (Å²) in [5.41, 5.74) is 1.55. The molecule has 1 heterocycles. The monoisotopic (exact) mass is 314 g/mol. The third-order valence-electron chi connectivity index (χ3n) is 4.29. The minimum Gasteiger partial charge on any atom is -0.289 e. The summed E-state index contributed by atoms with van der Waals surface area (Å²) in [6, 6.07) is 3.37. The number of piperidine rings is 1. The molecular formula is C13H15FN2O4S. The molecule has 1 saturated carbocycles. The van der Waals surface area contributed by atoms with Crippen molar-refractivity contribution >= 4 is 15.9 Å². The van der Waals surface area contributed by atoms with Gasteiger partial charge in [-0.1, -0.05) is 0 Å². The van der Waals surface area contributed by atoms with Crippen molar-refractivity contribution in [3.8, 4) is 0 Å². The number of amides is 1. The standard InChI is InChI=1S/C13H15FN2O4S/c14-9-2-5-11(6-3-9)21(19,20)16-10-4-1-8(7-10)12(16)13(17)15-18/h2-3,5-6,8,10,12,18H,1,4,7H2,(H,15,17)/t8?,10-,12-/m1/s1. The summed E-state index contributed by atoms with van der Waals surface area (Å²) >= 11 is 0. The maximum Gasteiger partial charge on any atom is 0.262 e. The highest BCUT2D eigenvalue weighted by atomic mass is 32.2. The lowest BCUT2D eigenvalue weighted by molar-refractivity contribution is -0.134. The van der Waals surface area contributed by atoms with Gasteiger partial charge in [0.25, 0.3) is 5.91 Å². The molecule has 3 atom stereocenters. The minimum atomic E-state index is -3.90. The van der Waals surface area contributed by atoms with Crippen LogP contribution in [-0.2, 0) is 14.8 Å². The van der Waals surface area contributed by atoms with Crippen molar-refractivity contribution in [2.45, 2.75) is 36.2 Å². The Labute approximate surface area is 121 Å². The van der Waals surface area contributed by atoms with Crippen molar-refractivity contribution in [1.82, 2.24) is 9.79 Å². The second kappa shape index (κ2) is 5.04. The first-order chi connectivity index (χ1) is 9.95. The van der Waals surface area contributed by atoms with Crippen LogP contribution in [0.2, 0.25) is 0 Å². The number of nitrogens with zero attached hydrogens (tertiary/aromatic N) is 1. The van der Waals surface area contributed by atoms with E-state index in [-0.39, 0.29) is 16.9 Å². The van der Waals surface area contributed by atoms with Crippen molar-refractivity contribution in [2.24, 2.45) is 5.92 Å². The van der Waals surface area contributed by atoms with Gasteiger partial charge in [-0.2, -0.15) is 4.31 Å². The van der Waals surface area contributed by atoms with E-state index in [0.717, 1.165) is 18.6 Å². The van der Waals surface area contributed by atoms with Gasteiger partial charge >= 0.3 is 0 Å². The molecule has 1 aromatic carbocycles. The van der Waals surface area contributed by atoms with Gasteiger partial charge < -0.3 is 0 Å². The van der Waals surface area contributed by atoms with Gasteiger partial charge in [0.2, 0.25) is 10.0 Å². The molecule has 1 saturated heterocycles. The van der Waals surface area contributed by atoms with Crippen LogP contribution in [0.4, 0.5) is 4.39 Å². The number of nitrogens with one attached hydrogen (secondary N) is 1. The number of hydrogen-bond acceptors (Lipinski definition) is 4. The van der Waals surface area contributed by atoms with E-state index in [1.165, 1.54) is 16.4 Å². The number of rotatable bonds is 3. The molecule has 3 rings (SSSR count). The molecule has 8 heteroatoms. The van der Waals surface area contributed by atoms with Gasteiger partial charge in [0.1, 0.15) is 11.9 Å². The zero-order chi connectivity index (χ0) is 15.2. The summed E-state index contributed by atoms with van der Waals surface area (Å²) in [5, 5.41) is 8.84. The highest BCUT2D eigenvalue weighted by molar-refractivity contribution is 7.89. The quantitative estimate of drug-likeness (QED) is 0.640. The van der Waals surface area contributed by atoms with E-state index in [4.69, 9.17) is 5.21 Å². The fourth-order valence-corrected chi connectivity index (χ4v) is 5.29. The van der Waals surface area contributed by atoms with Crippen LogP contribution in [0.3, 0.4) is 0 Å². The first kappa shape index (κ1) is 14.4. The Morgan fingerprint density at radius 3 is 2.57 bits per heavy atom. The van der Waals surface area contributed by atoms with Crippen LogP contribution in [-0.4, -0.2) is 35.9 Å². The van der Waals surface area contributed by atoms with Gasteiger partial charge in [-0.3, -0.25) is 10.0 Å². The first-order valence-electron chi connectivity index (χ1n) is 6.68. The summed E-state index contributed by atoms with van der Waals surface area (Å²) in [5.74, 6) is -1.33. The number of halogens is 1. The molecule has 114 valence electrons. The van der Waals surface area contributed by atoms with Gasteiger partial charge in [0.15, 0.2) is 0 Å². The predicted molar refractivity (Wildman–Crippen MR) is 70.3 cm³/mol. The van der Waals surface area contributed by atoms with Gasteiger partial charge in [0, 0.05) is 6.04 Å². The molecule has 2 aliphatic rings. The van der Waals surface area contributed by atoms with Crippen molar-refractivity contribution in [1.29, 1.82) is 0 Å². The van der Waals surface area contributed by atoms with E-state index in [9.17, 15) is 17.6 Å². The van der Waals surface area contributed by atoms with E-state index in [0.29, 0.717) is 12.8 Å². The lowest BCUT2D eigenvalue weighted by atomic mass is 10.00. The lowest BCUT2D eigenvalue weighted by Gasteiger charge is -2.32. The lowest BCUT2D eigenvalue weighted by Crippen LogP contribution is -2.52. The van der Waals surface area contributed by atoms with Crippen molar-refractivity contribution in [2.75, 3.05) is 0 Å². The fourth-order valence-electron chi connectivity index (χ4n) is 3.41. The zero-order valence-corrected chi connectivity index (χ0v) is 11.9. The average molecular weight is 314 g/mol. The molecule has 1 unspecified atom stereocenters. The van der Waals surface area contributed by atoms with Crippen molar-refractivity contribution < 1.29 is 22.8 Å². The SMILES string of the molecule is O=C(NO)[C@H]1C2CC[C@H](C2)N1S(=O)(=O)c1ccc(F)cc1. The Hall–Kier alpha value is -1.51. The number of fused-ring (bicyclic) bond motifs is 2. The van der Waals surface area contributed by atoms with Gasteiger partial charge in [-0.05, 0) is 49.4 Å². The highest BCUT2D eigenvalue weighted by Gasteiger charge is 2.54. The number of sulfonamides is 1. The van der Waals surface area contributed by atoms with E-state index in [1.807, 2.05) is 0 Å². The molecule has 1 aliphatic carbocycles. The van der Waals surface area contributed by atoms with Crippen LogP contribution in [0.1, 0.15) is 19.3 Å². The van der Waals surface area contributed by atoms with Crippen molar-refractivity contribution in [3.63, 3.8) is 0 Å². The Kier molecular flexibility index (Phi) is 3.46. The molecule has 0 spiro atoms. The molecule has 2 N–H and O–H groups in total. The molecule has 21 heavy (non-hydrogen) atoms. The molecule has 1 amide bonds. The van der Waals surface area contributed by atoms with Crippen molar-refractivity contribution in [3.05, 3.63) is 30.1 Å². The zero-order valence-electron chi connectivity index (χ0n) is 11.1. The van der Waals surface area contributed by atoms with Gasteiger partial charge in [-0.15, -0.1) is 0 Å². The number of hydrogen-bond donors (Lipinski definition) is 2. The maximum atomic E-state index is 13.0. The summed E-state index contributed by atoms with van der Waals surface area (Å²) in [6.45, 7) is 0. The summed E-state index contributed by atoms with van der Waals surface area (Å²) in [4.78, 5) is 11.8. The average Bonchev–Trinajstić information content (AvgIpc) is 3.07. The van der Waals surface area contributed by atoms with Gasteiger partial charge in [-0.25, -0.2) is 18.3 Å². The predicted octanol–water partition coefficient (Wildman–Crippen LogP) is 0.873. The summed E-state index contributed by atoms with van der Waals surface area (Å²) < 4.78 is 39.5. The third-order valence-corrected chi connectivity index (χ3v) is 6.24. The smallest absolute Gasteiger partial charge is 0.262 e. The molecule has 6 nitrogen and oxygen atoms in total. The van der Waals surface area contributed by atoms with E-state index in [1.54, 1.807) is 5.48 Å². The minimum absolute atomic E-state index is 0.0489. The second-order valence-electron chi connectivity index (χ2n) is 5.44. The summed E-state index contributed by atoms with van der Waals surface area (Å²) in [6.07, 6.45) is 2.07. The Morgan fingerprint density at radius 2 is 1.95 bits per heavy atom. The van der Waals surface area contributed by atoms with Crippen LogP contribution in [0, 0.1) is 11.7 Å².